The summed E-state index contributed by atoms with van der Waals surface area (Å²) in [6.07, 6.45) is 1.74. The molecule has 0 saturated heterocycles. The highest BCUT2D eigenvalue weighted by Gasteiger charge is 2.21. The van der Waals surface area contributed by atoms with Crippen molar-refractivity contribution in [2.24, 2.45) is 0 Å². The smallest absolute Gasteiger partial charge is 0.328 e. The third-order valence-corrected chi connectivity index (χ3v) is 6.64. The van der Waals surface area contributed by atoms with Crippen molar-refractivity contribution in [2.45, 2.75) is 64.5 Å². The predicted octanol–water partition coefficient (Wildman–Crippen LogP) is 3.07. The summed E-state index contributed by atoms with van der Waals surface area (Å²) < 4.78 is 5.11. The molecule has 0 aromatic carbocycles. The van der Waals surface area contributed by atoms with Gasteiger partial charge in [0.05, 0.1) is 23.0 Å². The summed E-state index contributed by atoms with van der Waals surface area (Å²) in [7, 11) is 0. The molecular formula is C19H27N3O4S2. The number of fused-ring (bicyclic) bond motifs is 1. The number of aromatic nitrogens is 2. The molecule has 1 amide bonds. The summed E-state index contributed by atoms with van der Waals surface area (Å²) in [5.74, 6) is 0.246. The van der Waals surface area contributed by atoms with Crippen LogP contribution in [0.15, 0.2) is 4.79 Å². The highest BCUT2D eigenvalue weighted by molar-refractivity contribution is 7.99. The van der Waals surface area contributed by atoms with E-state index in [1.165, 1.54) is 23.1 Å². The average Bonchev–Trinajstić information content (AvgIpc) is 2.93. The summed E-state index contributed by atoms with van der Waals surface area (Å²) in [5.41, 5.74) is 0.809. The fraction of sp³-hybridized carbons (Fsp3) is 0.579. The van der Waals surface area contributed by atoms with E-state index in [2.05, 4.69) is 15.3 Å². The highest BCUT2D eigenvalue weighted by atomic mass is 32.2. The predicted molar refractivity (Wildman–Crippen MR) is 114 cm³/mol. The lowest BCUT2D eigenvalue weighted by Gasteiger charge is -2.16. The molecule has 0 fully saturated rings. The Hall–Kier alpha value is -1.87. The number of unbranched alkanes of at least 4 members (excludes halogenated alkanes) is 1. The molecule has 2 aromatic heterocycles. The maximum Gasteiger partial charge on any atom is 0.328 e. The van der Waals surface area contributed by atoms with Crippen molar-refractivity contribution in [1.82, 2.24) is 15.3 Å². The van der Waals surface area contributed by atoms with Crippen molar-refractivity contribution in [3.63, 3.8) is 0 Å². The standard InChI is InChI=1S/C19H27N3O4S2/c1-6-7-8-26-19(25)11(3)20-16(23)13(5)27-9-14-21-17(24)15-10(2)12(4)28-18(15)22-14/h11,13H,6-9H2,1-5H3,(H,20,23)(H,21,22,24)/t11-,13+/m1/s1. The van der Waals surface area contributed by atoms with Crippen LogP contribution in [0.1, 0.15) is 49.9 Å². The van der Waals surface area contributed by atoms with Crippen LogP contribution < -0.4 is 10.9 Å². The van der Waals surface area contributed by atoms with Crippen LogP contribution in [-0.4, -0.2) is 39.7 Å². The van der Waals surface area contributed by atoms with Crippen molar-refractivity contribution in [3.05, 3.63) is 26.6 Å². The van der Waals surface area contributed by atoms with Crippen LogP contribution in [0.5, 0.6) is 0 Å². The van der Waals surface area contributed by atoms with E-state index >= 15 is 0 Å². The Bertz CT molecular complexity index is 906. The Morgan fingerprint density at radius 3 is 2.71 bits per heavy atom. The molecule has 28 heavy (non-hydrogen) atoms. The SMILES string of the molecule is CCCCOC(=O)[C@@H](C)NC(=O)[C@H](C)SCc1nc2sc(C)c(C)c2c(=O)[nH]1. The van der Waals surface area contributed by atoms with Gasteiger partial charge in [-0.1, -0.05) is 13.3 Å². The molecule has 2 heterocycles. The number of H-pyrrole nitrogens is 1. The molecule has 0 aliphatic rings. The van der Waals surface area contributed by atoms with E-state index in [1.54, 1.807) is 13.8 Å². The van der Waals surface area contributed by atoms with Crippen LogP contribution in [0.3, 0.4) is 0 Å². The number of thioether (sulfide) groups is 1. The first-order valence-electron chi connectivity index (χ1n) is 9.32. The van der Waals surface area contributed by atoms with Crippen LogP contribution in [0.4, 0.5) is 0 Å². The monoisotopic (exact) mass is 425 g/mol. The van der Waals surface area contributed by atoms with Crippen molar-refractivity contribution in [1.29, 1.82) is 0 Å². The fourth-order valence-electron chi connectivity index (χ4n) is 2.48. The zero-order chi connectivity index (χ0) is 20.8. The second kappa shape index (κ2) is 10.1. The first kappa shape index (κ1) is 22.4. The van der Waals surface area contributed by atoms with Crippen LogP contribution in [0.2, 0.25) is 0 Å². The molecule has 0 bridgehead atoms. The molecule has 2 aromatic rings. The maximum absolute atomic E-state index is 12.3. The van der Waals surface area contributed by atoms with E-state index in [4.69, 9.17) is 4.74 Å². The molecular weight excluding hydrogens is 398 g/mol. The zero-order valence-corrected chi connectivity index (χ0v) is 18.5. The zero-order valence-electron chi connectivity index (χ0n) is 16.9. The number of ether oxygens (including phenoxy) is 1. The van der Waals surface area contributed by atoms with Gasteiger partial charge in [0.25, 0.3) is 5.56 Å². The van der Waals surface area contributed by atoms with Crippen LogP contribution in [0, 0.1) is 13.8 Å². The minimum absolute atomic E-state index is 0.150. The number of rotatable bonds is 9. The Morgan fingerprint density at radius 1 is 1.32 bits per heavy atom. The molecule has 2 N–H and O–H groups in total. The number of hydrogen-bond acceptors (Lipinski definition) is 7. The normalized spacial score (nSPS) is 13.3. The number of aromatic amines is 1. The second-order valence-electron chi connectivity index (χ2n) is 6.68. The third-order valence-electron chi connectivity index (χ3n) is 4.38. The molecule has 9 heteroatoms. The summed E-state index contributed by atoms with van der Waals surface area (Å²) in [6, 6.07) is -0.696. The van der Waals surface area contributed by atoms with E-state index in [0.29, 0.717) is 23.6 Å². The van der Waals surface area contributed by atoms with Gasteiger partial charge in [-0.25, -0.2) is 9.78 Å². The molecule has 7 nitrogen and oxygen atoms in total. The van der Waals surface area contributed by atoms with E-state index in [9.17, 15) is 14.4 Å². The van der Waals surface area contributed by atoms with Crippen molar-refractivity contribution in [3.8, 4) is 0 Å². The van der Waals surface area contributed by atoms with Crippen LogP contribution >= 0.6 is 23.1 Å². The fourth-order valence-corrected chi connectivity index (χ4v) is 4.29. The lowest BCUT2D eigenvalue weighted by atomic mass is 10.2. The quantitative estimate of drug-likeness (QED) is 0.473. The first-order valence-corrected chi connectivity index (χ1v) is 11.2. The van der Waals surface area contributed by atoms with Gasteiger partial charge in [-0.05, 0) is 39.7 Å². The van der Waals surface area contributed by atoms with Crippen LogP contribution in [0.25, 0.3) is 10.2 Å². The first-order chi connectivity index (χ1) is 13.2. The number of aryl methyl sites for hydroxylation is 2. The van der Waals surface area contributed by atoms with Gasteiger partial charge in [-0.3, -0.25) is 9.59 Å². The third kappa shape index (κ3) is 5.57. The van der Waals surface area contributed by atoms with Gasteiger partial charge >= 0.3 is 5.97 Å². The molecule has 0 unspecified atom stereocenters. The molecule has 2 rings (SSSR count). The largest absolute Gasteiger partial charge is 0.464 e. The molecule has 0 radical (unpaired) electrons. The van der Waals surface area contributed by atoms with Crippen LogP contribution in [-0.2, 0) is 20.1 Å². The minimum Gasteiger partial charge on any atom is -0.464 e. The average molecular weight is 426 g/mol. The lowest BCUT2D eigenvalue weighted by molar-refractivity contribution is -0.147. The summed E-state index contributed by atoms with van der Waals surface area (Å²) in [4.78, 5) is 45.6. The number of esters is 1. The van der Waals surface area contributed by atoms with Crippen molar-refractivity contribution >= 4 is 45.2 Å². The van der Waals surface area contributed by atoms with E-state index in [0.717, 1.165) is 28.1 Å². The molecule has 0 saturated carbocycles. The van der Waals surface area contributed by atoms with Gasteiger partial charge in [0.1, 0.15) is 16.7 Å². The Labute approximate surface area is 172 Å². The topological polar surface area (TPSA) is 101 Å². The van der Waals surface area contributed by atoms with Gasteiger partial charge < -0.3 is 15.0 Å². The van der Waals surface area contributed by atoms with Crippen molar-refractivity contribution < 1.29 is 14.3 Å². The van der Waals surface area contributed by atoms with Gasteiger partial charge in [-0.2, -0.15) is 0 Å². The van der Waals surface area contributed by atoms with Gasteiger partial charge in [-0.15, -0.1) is 23.1 Å². The number of carbonyl (C=O) groups is 2. The van der Waals surface area contributed by atoms with Gasteiger partial charge in [0.15, 0.2) is 0 Å². The number of nitrogens with zero attached hydrogens (tertiary/aromatic N) is 1. The van der Waals surface area contributed by atoms with Crippen molar-refractivity contribution in [2.75, 3.05) is 6.61 Å². The molecule has 0 aliphatic carbocycles. The lowest BCUT2D eigenvalue weighted by Crippen LogP contribution is -2.43. The highest BCUT2D eigenvalue weighted by Crippen LogP contribution is 2.26. The van der Waals surface area contributed by atoms with Gasteiger partial charge in [0, 0.05) is 4.88 Å². The van der Waals surface area contributed by atoms with E-state index in [-0.39, 0.29) is 11.5 Å². The second-order valence-corrected chi connectivity index (χ2v) is 9.21. The van der Waals surface area contributed by atoms with E-state index < -0.39 is 17.3 Å². The molecule has 2 atom stereocenters. The molecule has 154 valence electrons. The molecule has 0 spiro atoms. The maximum atomic E-state index is 12.3. The number of thiophene rings is 1. The Kier molecular flexibility index (Phi) is 8.06. The summed E-state index contributed by atoms with van der Waals surface area (Å²) in [5, 5.41) is 2.90. The van der Waals surface area contributed by atoms with Gasteiger partial charge in [0.2, 0.25) is 5.91 Å². The number of hydrogen-bond donors (Lipinski definition) is 2. The Balaban J connectivity index is 1.91. The summed E-state index contributed by atoms with van der Waals surface area (Å²) in [6.45, 7) is 9.63. The summed E-state index contributed by atoms with van der Waals surface area (Å²) >= 11 is 2.85. The number of amides is 1. The Morgan fingerprint density at radius 2 is 2.04 bits per heavy atom. The number of nitrogens with one attached hydrogen (secondary N) is 2. The number of carbonyl (C=O) groups excluding carboxylic acids is 2. The van der Waals surface area contributed by atoms with E-state index in [1.807, 2.05) is 20.8 Å². The molecule has 0 aliphatic heterocycles. The minimum atomic E-state index is -0.696.